The number of esters is 2. The predicted molar refractivity (Wildman–Crippen MR) is 224 cm³/mol. The molecule has 9 nitrogen and oxygen atoms in total. The third-order valence-corrected chi connectivity index (χ3v) is 8.98. The Balaban J connectivity index is 2.18. The molecule has 2 N–H and O–H groups in total. The highest BCUT2D eigenvalue weighted by Crippen LogP contribution is 2.36. The summed E-state index contributed by atoms with van der Waals surface area (Å²) in [6.07, 6.45) is 51.7. The number of epoxide rings is 1. The Morgan fingerprint density at radius 1 is 0.564 bits per heavy atom. The molecular formula is C45H71O9P. The number of carbonyl (C=O) groups is 2. The van der Waals surface area contributed by atoms with Gasteiger partial charge in [-0.05, 0) is 89.9 Å². The summed E-state index contributed by atoms with van der Waals surface area (Å²) in [5.41, 5.74) is 0. The Hall–Kier alpha value is -3.07. The Morgan fingerprint density at radius 3 is 1.51 bits per heavy atom. The van der Waals surface area contributed by atoms with Gasteiger partial charge in [-0.25, -0.2) is 4.57 Å². The SMILES string of the molecule is CCCCC/C=C\C/C=C\C/C=C\C/C=C\C/C=C\CCC(=O)O[C@H](COC(=O)CCC/C=C\C/C=C\CC1OC1C/C=C\CCCCC)COP(=O)(O)O. The average molecular weight is 787 g/mol. The lowest BCUT2D eigenvalue weighted by Crippen LogP contribution is -2.29. The van der Waals surface area contributed by atoms with Crippen molar-refractivity contribution in [1.29, 1.82) is 0 Å². The fourth-order valence-corrected chi connectivity index (χ4v) is 5.63. The van der Waals surface area contributed by atoms with Crippen LogP contribution >= 0.6 is 7.82 Å². The third-order valence-electron chi connectivity index (χ3n) is 8.49. The summed E-state index contributed by atoms with van der Waals surface area (Å²) < 4.78 is 32.0. The maximum atomic E-state index is 12.4. The second kappa shape index (κ2) is 35.4. The van der Waals surface area contributed by atoms with Crippen molar-refractivity contribution in [1.82, 2.24) is 0 Å². The fraction of sp³-hybridized carbons (Fsp3) is 0.600. The molecule has 0 aromatic heterocycles. The normalized spacial score (nSPS) is 17.2. The molecular weight excluding hydrogens is 715 g/mol. The van der Waals surface area contributed by atoms with Crippen molar-refractivity contribution in [2.75, 3.05) is 13.2 Å². The molecule has 0 aromatic rings. The summed E-state index contributed by atoms with van der Waals surface area (Å²) in [6, 6.07) is 0. The zero-order valence-corrected chi connectivity index (χ0v) is 34.6. The Kier molecular flexibility index (Phi) is 32.1. The van der Waals surface area contributed by atoms with Gasteiger partial charge in [0.15, 0.2) is 6.10 Å². The monoisotopic (exact) mass is 786 g/mol. The first-order chi connectivity index (χ1) is 26.7. The average Bonchev–Trinajstić information content (AvgIpc) is 3.91. The number of phosphoric acid groups is 1. The van der Waals surface area contributed by atoms with Gasteiger partial charge >= 0.3 is 19.8 Å². The minimum absolute atomic E-state index is 0.0682. The van der Waals surface area contributed by atoms with Crippen LogP contribution in [0.3, 0.4) is 0 Å². The van der Waals surface area contributed by atoms with E-state index in [1.165, 1.54) is 44.9 Å². The molecule has 0 saturated carbocycles. The highest BCUT2D eigenvalue weighted by molar-refractivity contribution is 7.46. The summed E-state index contributed by atoms with van der Waals surface area (Å²) in [6.45, 7) is 3.49. The van der Waals surface area contributed by atoms with Gasteiger partial charge in [0, 0.05) is 12.8 Å². The lowest BCUT2D eigenvalue weighted by atomic mass is 10.1. The zero-order valence-electron chi connectivity index (χ0n) is 33.7. The Bertz CT molecular complexity index is 1270. The van der Waals surface area contributed by atoms with Crippen LogP contribution in [-0.4, -0.2) is 53.3 Å². The van der Waals surface area contributed by atoms with Crippen molar-refractivity contribution < 1.29 is 42.7 Å². The Labute approximate surface area is 332 Å². The van der Waals surface area contributed by atoms with Gasteiger partial charge in [0.25, 0.3) is 0 Å². The largest absolute Gasteiger partial charge is 0.469 e. The van der Waals surface area contributed by atoms with Crippen LogP contribution in [0.1, 0.15) is 142 Å². The maximum absolute atomic E-state index is 12.4. The molecule has 10 heteroatoms. The van der Waals surface area contributed by atoms with Crippen LogP contribution in [-0.2, 0) is 32.9 Å². The molecule has 55 heavy (non-hydrogen) atoms. The van der Waals surface area contributed by atoms with Gasteiger partial charge in [-0.3, -0.25) is 14.1 Å². The van der Waals surface area contributed by atoms with E-state index in [2.05, 4.69) is 97.4 Å². The van der Waals surface area contributed by atoms with Crippen LogP contribution in [0.5, 0.6) is 0 Å². The van der Waals surface area contributed by atoms with E-state index in [4.69, 9.17) is 24.0 Å². The number of carbonyl (C=O) groups excluding carboxylic acids is 2. The number of hydrogen-bond donors (Lipinski definition) is 2. The molecule has 1 saturated heterocycles. The molecule has 3 atom stereocenters. The van der Waals surface area contributed by atoms with E-state index in [0.717, 1.165) is 51.4 Å². The second-order valence-corrected chi connectivity index (χ2v) is 14.9. The third kappa shape index (κ3) is 35.1. The lowest BCUT2D eigenvalue weighted by Gasteiger charge is -2.18. The number of hydrogen-bond acceptors (Lipinski definition) is 7. The highest BCUT2D eigenvalue weighted by Gasteiger charge is 2.36. The maximum Gasteiger partial charge on any atom is 0.469 e. The van der Waals surface area contributed by atoms with Crippen LogP contribution in [0.15, 0.2) is 97.2 Å². The van der Waals surface area contributed by atoms with E-state index in [0.29, 0.717) is 31.5 Å². The van der Waals surface area contributed by atoms with Crippen LogP contribution in [0.4, 0.5) is 0 Å². The summed E-state index contributed by atoms with van der Waals surface area (Å²) in [5, 5.41) is 0. The lowest BCUT2D eigenvalue weighted by molar-refractivity contribution is -0.161. The van der Waals surface area contributed by atoms with Crippen LogP contribution in [0.25, 0.3) is 0 Å². The van der Waals surface area contributed by atoms with Gasteiger partial charge < -0.3 is 24.0 Å². The van der Waals surface area contributed by atoms with Gasteiger partial charge in [0.1, 0.15) is 6.61 Å². The quantitative estimate of drug-likeness (QED) is 0.0212. The number of unbranched alkanes of at least 4 members (excludes halogenated alkanes) is 7. The Morgan fingerprint density at radius 2 is 1.00 bits per heavy atom. The standard InChI is InChI=1S/C45H71O9P/c1-3-5-7-9-11-12-13-14-15-16-17-18-19-20-21-22-25-30-34-38-45(47)53-41(40-52-55(48,49)50)39-51-44(46)37-33-29-26-23-24-28-32-36-43-42(54-43)35-31-27-10-8-6-4-2/h11-12,14-15,17-18,20-21,23,25-28,30-32,41-43H,3-10,13,16,19,22,24,29,33-40H2,1-2H3,(H2,48,49,50)/b12-11-,15-14-,18-17-,21-20-,26-23-,30-25-,31-27-,32-28-/t41-,42?,43?/m1/s1. The molecule has 1 fully saturated rings. The topological polar surface area (TPSA) is 132 Å². The molecule has 1 rings (SSSR count). The first kappa shape index (κ1) is 49.9. The van der Waals surface area contributed by atoms with E-state index in [-0.39, 0.29) is 19.4 Å². The van der Waals surface area contributed by atoms with E-state index in [9.17, 15) is 14.2 Å². The van der Waals surface area contributed by atoms with Crippen molar-refractivity contribution in [3.63, 3.8) is 0 Å². The molecule has 0 aliphatic carbocycles. The molecule has 1 heterocycles. The van der Waals surface area contributed by atoms with Gasteiger partial charge in [0.05, 0.1) is 18.8 Å². The van der Waals surface area contributed by atoms with Crippen molar-refractivity contribution in [2.24, 2.45) is 0 Å². The molecule has 0 bridgehead atoms. The fourth-order valence-electron chi connectivity index (χ4n) is 5.27. The highest BCUT2D eigenvalue weighted by atomic mass is 31.2. The molecule has 0 aromatic carbocycles. The van der Waals surface area contributed by atoms with Crippen molar-refractivity contribution >= 4 is 19.8 Å². The summed E-state index contributed by atoms with van der Waals surface area (Å²) in [5.74, 6) is -1.06. The minimum atomic E-state index is -4.80. The van der Waals surface area contributed by atoms with Gasteiger partial charge in [-0.2, -0.15) is 0 Å². The molecule has 1 aliphatic heterocycles. The van der Waals surface area contributed by atoms with Crippen LogP contribution in [0, 0.1) is 0 Å². The van der Waals surface area contributed by atoms with Crippen molar-refractivity contribution in [3.05, 3.63) is 97.2 Å². The van der Waals surface area contributed by atoms with E-state index >= 15 is 0 Å². The first-order valence-corrected chi connectivity index (χ1v) is 22.2. The summed E-state index contributed by atoms with van der Waals surface area (Å²) >= 11 is 0. The molecule has 0 spiro atoms. The van der Waals surface area contributed by atoms with E-state index in [1.54, 1.807) is 0 Å². The first-order valence-electron chi connectivity index (χ1n) is 20.7. The molecule has 2 unspecified atom stereocenters. The molecule has 0 amide bonds. The van der Waals surface area contributed by atoms with E-state index < -0.39 is 32.5 Å². The number of ether oxygens (including phenoxy) is 3. The number of rotatable bonds is 35. The van der Waals surface area contributed by atoms with Crippen LogP contribution < -0.4 is 0 Å². The van der Waals surface area contributed by atoms with Gasteiger partial charge in [0.2, 0.25) is 0 Å². The molecule has 1 aliphatic rings. The predicted octanol–water partition coefficient (Wildman–Crippen LogP) is 11.6. The molecule has 0 radical (unpaired) electrons. The second-order valence-electron chi connectivity index (χ2n) is 13.6. The van der Waals surface area contributed by atoms with Gasteiger partial charge in [-0.1, -0.05) is 137 Å². The van der Waals surface area contributed by atoms with Gasteiger partial charge in [-0.15, -0.1) is 0 Å². The zero-order chi connectivity index (χ0) is 40.1. The van der Waals surface area contributed by atoms with E-state index in [1.807, 2.05) is 18.2 Å². The number of phosphoric ester groups is 1. The number of allylic oxidation sites excluding steroid dienone is 14. The minimum Gasteiger partial charge on any atom is -0.462 e. The summed E-state index contributed by atoms with van der Waals surface area (Å²) in [4.78, 5) is 42.8. The van der Waals surface area contributed by atoms with Crippen molar-refractivity contribution in [2.45, 2.75) is 161 Å². The smallest absolute Gasteiger partial charge is 0.462 e. The van der Waals surface area contributed by atoms with Crippen LogP contribution in [0.2, 0.25) is 0 Å². The molecule has 310 valence electrons. The summed E-state index contributed by atoms with van der Waals surface area (Å²) in [7, 11) is -4.80. The van der Waals surface area contributed by atoms with Crippen molar-refractivity contribution in [3.8, 4) is 0 Å².